The van der Waals surface area contributed by atoms with Gasteiger partial charge in [-0.05, 0) is 23.8 Å². The quantitative estimate of drug-likeness (QED) is 0.500. The number of aromatic hydroxyl groups is 1. The molecule has 0 spiro atoms. The summed E-state index contributed by atoms with van der Waals surface area (Å²) in [4.78, 5) is 32.7. The van der Waals surface area contributed by atoms with E-state index in [2.05, 4.69) is 4.74 Å². The highest BCUT2D eigenvalue weighted by atomic mass is 16.6. The number of phenolic OH excluding ortho intramolecular Hbond substituents is 1. The smallest absolute Gasteiger partial charge is 0.345 e. The minimum atomic E-state index is -1.76. The number of carboxylic acids is 2. The van der Waals surface area contributed by atoms with Gasteiger partial charge in [-0.15, -0.1) is 0 Å². The molecule has 0 aliphatic rings. The van der Waals surface area contributed by atoms with Crippen molar-refractivity contribution in [2.24, 2.45) is 0 Å². The third kappa shape index (κ3) is 5.16. The maximum Gasteiger partial charge on any atom is 0.345 e. The van der Waals surface area contributed by atoms with Crippen molar-refractivity contribution >= 4 is 24.0 Å². The summed E-state index contributed by atoms with van der Waals surface area (Å²) in [6, 6.07) is 4.30. The highest BCUT2D eigenvalue weighted by Crippen LogP contribution is 2.26. The van der Waals surface area contributed by atoms with E-state index in [1.165, 1.54) is 31.4 Å². The number of aliphatic carboxylic acids is 2. The molecule has 1 atom stereocenters. The predicted octanol–water partition coefficient (Wildman–Crippen LogP) is 0.885. The number of phenols is 1. The van der Waals surface area contributed by atoms with Crippen molar-refractivity contribution in [3.05, 3.63) is 29.8 Å². The molecule has 0 aliphatic carbocycles. The van der Waals surface area contributed by atoms with E-state index >= 15 is 0 Å². The fourth-order valence-electron chi connectivity index (χ4n) is 1.48. The molecule has 0 aliphatic heterocycles. The second-order valence-electron chi connectivity index (χ2n) is 4.13. The fourth-order valence-corrected chi connectivity index (χ4v) is 1.48. The lowest BCUT2D eigenvalue weighted by Gasteiger charge is -2.09. The minimum Gasteiger partial charge on any atom is -0.504 e. The summed E-state index contributed by atoms with van der Waals surface area (Å²) in [5, 5.41) is 26.7. The maximum absolute atomic E-state index is 11.5. The molecule has 1 aromatic carbocycles. The number of hydrogen-bond donors (Lipinski definition) is 3. The van der Waals surface area contributed by atoms with Gasteiger partial charge in [0, 0.05) is 6.08 Å². The summed E-state index contributed by atoms with van der Waals surface area (Å²) < 4.78 is 9.43. The highest BCUT2D eigenvalue weighted by Gasteiger charge is 2.24. The van der Waals surface area contributed by atoms with Crippen molar-refractivity contribution in [3.8, 4) is 11.5 Å². The van der Waals surface area contributed by atoms with Crippen molar-refractivity contribution < 1.29 is 39.2 Å². The van der Waals surface area contributed by atoms with E-state index in [4.69, 9.17) is 14.9 Å². The first-order valence-corrected chi connectivity index (χ1v) is 6.03. The lowest BCUT2D eigenvalue weighted by Crippen LogP contribution is -2.28. The van der Waals surface area contributed by atoms with E-state index in [0.29, 0.717) is 5.56 Å². The number of benzene rings is 1. The van der Waals surface area contributed by atoms with Crippen LogP contribution in [0.3, 0.4) is 0 Å². The van der Waals surface area contributed by atoms with Gasteiger partial charge in [0.1, 0.15) is 0 Å². The zero-order valence-electron chi connectivity index (χ0n) is 11.6. The lowest BCUT2D eigenvalue weighted by molar-refractivity contribution is -0.164. The molecule has 1 unspecified atom stereocenters. The van der Waals surface area contributed by atoms with Crippen LogP contribution in [0.2, 0.25) is 0 Å². The van der Waals surface area contributed by atoms with Gasteiger partial charge in [0.2, 0.25) is 6.10 Å². The van der Waals surface area contributed by atoms with Crippen LogP contribution in [0.1, 0.15) is 12.0 Å². The second kappa shape index (κ2) is 7.67. The second-order valence-corrected chi connectivity index (χ2v) is 4.13. The van der Waals surface area contributed by atoms with E-state index in [1.54, 1.807) is 0 Å². The molecule has 0 saturated heterocycles. The van der Waals surface area contributed by atoms with Crippen molar-refractivity contribution in [2.75, 3.05) is 7.11 Å². The number of esters is 1. The molecule has 0 amide bonds. The molecule has 0 saturated carbocycles. The first-order valence-electron chi connectivity index (χ1n) is 6.03. The number of ether oxygens (including phenoxy) is 2. The number of methoxy groups -OCH3 is 1. The Morgan fingerprint density at radius 1 is 1.27 bits per heavy atom. The molecule has 3 N–H and O–H groups in total. The van der Waals surface area contributed by atoms with Crippen LogP contribution >= 0.6 is 0 Å². The van der Waals surface area contributed by atoms with Crippen LogP contribution < -0.4 is 4.74 Å². The first kappa shape index (κ1) is 17.0. The number of hydrogen-bond acceptors (Lipinski definition) is 6. The van der Waals surface area contributed by atoms with Crippen molar-refractivity contribution in [3.63, 3.8) is 0 Å². The summed E-state index contributed by atoms with van der Waals surface area (Å²) in [6.45, 7) is 0. The van der Waals surface area contributed by atoms with Crippen molar-refractivity contribution in [1.82, 2.24) is 0 Å². The van der Waals surface area contributed by atoms with E-state index in [-0.39, 0.29) is 11.5 Å². The fraction of sp³-hybridized carbons (Fsp3) is 0.214. The predicted molar refractivity (Wildman–Crippen MR) is 73.5 cm³/mol. The van der Waals surface area contributed by atoms with E-state index in [9.17, 15) is 19.5 Å². The Kier molecular flexibility index (Phi) is 5.94. The van der Waals surface area contributed by atoms with Crippen molar-refractivity contribution in [1.29, 1.82) is 0 Å². The van der Waals surface area contributed by atoms with E-state index in [1.807, 2.05) is 0 Å². The van der Waals surface area contributed by atoms with Crippen LogP contribution in [0.25, 0.3) is 6.08 Å². The van der Waals surface area contributed by atoms with Crippen LogP contribution in [0.15, 0.2) is 24.3 Å². The Morgan fingerprint density at radius 2 is 1.95 bits per heavy atom. The average molecular weight is 310 g/mol. The lowest BCUT2D eigenvalue weighted by atomic mass is 10.2. The average Bonchev–Trinajstić information content (AvgIpc) is 2.45. The highest BCUT2D eigenvalue weighted by molar-refractivity contribution is 5.90. The molecule has 0 aromatic heterocycles. The number of carboxylic acid groups (broad SMARTS) is 2. The van der Waals surface area contributed by atoms with Gasteiger partial charge < -0.3 is 24.8 Å². The molecule has 0 heterocycles. The summed E-state index contributed by atoms with van der Waals surface area (Å²) >= 11 is 0. The molecule has 0 bridgehead atoms. The Bertz CT molecular complexity index is 605. The van der Waals surface area contributed by atoms with Crippen molar-refractivity contribution in [2.45, 2.75) is 12.5 Å². The van der Waals surface area contributed by atoms with Crippen LogP contribution in [0, 0.1) is 0 Å². The standard InChI is InChI=1S/C14H14O8/c1-21-10-6-8(2-4-9(10)15)3-5-13(18)22-11(14(19)20)7-12(16)17/h2-6,11,15H,7H2,1H3,(H,16,17)(H,19,20)/b5-3+. The molecule has 0 radical (unpaired) electrons. The Hall–Kier alpha value is -3.03. The monoisotopic (exact) mass is 310 g/mol. The number of carbonyl (C=O) groups excluding carboxylic acids is 1. The van der Waals surface area contributed by atoms with E-state index in [0.717, 1.165) is 6.08 Å². The first-order chi connectivity index (χ1) is 10.3. The summed E-state index contributed by atoms with van der Waals surface area (Å²) in [6.07, 6.45) is -0.334. The molecule has 0 fully saturated rings. The normalized spacial score (nSPS) is 11.9. The Morgan fingerprint density at radius 3 is 2.50 bits per heavy atom. The van der Waals surface area contributed by atoms with Crippen LogP contribution in [0.4, 0.5) is 0 Å². The molecule has 118 valence electrons. The van der Waals surface area contributed by atoms with Gasteiger partial charge in [0.15, 0.2) is 11.5 Å². The van der Waals surface area contributed by atoms with Crippen LogP contribution in [-0.2, 0) is 19.1 Å². The largest absolute Gasteiger partial charge is 0.504 e. The summed E-state index contributed by atoms with van der Waals surface area (Å²) in [5.41, 5.74) is 0.497. The zero-order chi connectivity index (χ0) is 16.7. The molecular weight excluding hydrogens is 296 g/mol. The Balaban J connectivity index is 2.74. The Labute approximate surface area is 125 Å². The van der Waals surface area contributed by atoms with Crippen LogP contribution in [-0.4, -0.2) is 46.4 Å². The van der Waals surface area contributed by atoms with Gasteiger partial charge in [-0.2, -0.15) is 0 Å². The topological polar surface area (TPSA) is 130 Å². The molecular formula is C14H14O8. The van der Waals surface area contributed by atoms with E-state index < -0.39 is 30.4 Å². The summed E-state index contributed by atoms with van der Waals surface area (Å²) in [5.74, 6) is -3.82. The van der Waals surface area contributed by atoms with Crippen LogP contribution in [0.5, 0.6) is 11.5 Å². The van der Waals surface area contributed by atoms with Gasteiger partial charge in [-0.1, -0.05) is 6.07 Å². The van der Waals surface area contributed by atoms with Gasteiger partial charge >= 0.3 is 17.9 Å². The van der Waals surface area contributed by atoms with Gasteiger partial charge in [0.25, 0.3) is 0 Å². The number of carbonyl (C=O) groups is 3. The number of rotatable bonds is 7. The molecule has 8 heteroatoms. The molecule has 1 aromatic rings. The van der Waals surface area contributed by atoms with Gasteiger partial charge in [0.05, 0.1) is 13.5 Å². The molecule has 8 nitrogen and oxygen atoms in total. The SMILES string of the molecule is COc1cc(/C=C/C(=O)OC(CC(=O)O)C(=O)O)ccc1O. The third-order valence-corrected chi connectivity index (χ3v) is 2.51. The third-order valence-electron chi connectivity index (χ3n) is 2.51. The summed E-state index contributed by atoms with van der Waals surface area (Å²) in [7, 11) is 1.36. The van der Waals surface area contributed by atoms with Gasteiger partial charge in [-0.25, -0.2) is 9.59 Å². The zero-order valence-corrected chi connectivity index (χ0v) is 11.6. The minimum absolute atomic E-state index is 0.0744. The molecule has 1 rings (SSSR count). The van der Waals surface area contributed by atoms with Gasteiger partial charge in [-0.3, -0.25) is 4.79 Å². The molecule has 22 heavy (non-hydrogen) atoms. The maximum atomic E-state index is 11.5.